The molecule has 2 aromatic heterocycles. The summed E-state index contributed by atoms with van der Waals surface area (Å²) in [5.74, 6) is 1.30. The van der Waals surface area contributed by atoms with Crippen molar-refractivity contribution in [1.29, 1.82) is 0 Å². The van der Waals surface area contributed by atoms with Gasteiger partial charge in [0.1, 0.15) is 6.33 Å². The third-order valence-electron chi connectivity index (χ3n) is 3.54. The SMILES string of the molecule is Cc1cc(C2CCN(C)CC2)n2ncnc2n1. The molecule has 0 amide bonds. The Labute approximate surface area is 100 Å². The Morgan fingerprint density at radius 1 is 1.29 bits per heavy atom. The van der Waals surface area contributed by atoms with Gasteiger partial charge in [0.2, 0.25) is 0 Å². The largest absolute Gasteiger partial charge is 0.306 e. The number of hydrogen-bond acceptors (Lipinski definition) is 4. The van der Waals surface area contributed by atoms with Gasteiger partial charge >= 0.3 is 0 Å². The topological polar surface area (TPSA) is 46.3 Å². The standard InChI is InChI=1S/C12H17N5/c1-9-7-11(10-3-5-16(2)6-4-10)17-12(15-9)13-8-14-17/h7-8,10H,3-6H2,1-2H3. The minimum atomic E-state index is 0.581. The van der Waals surface area contributed by atoms with Gasteiger partial charge in [0.05, 0.1) is 5.69 Å². The monoisotopic (exact) mass is 231 g/mol. The molecule has 0 saturated carbocycles. The first kappa shape index (κ1) is 10.7. The Bertz CT molecular complexity index is 525. The van der Waals surface area contributed by atoms with Crippen molar-refractivity contribution >= 4 is 5.78 Å². The Morgan fingerprint density at radius 3 is 2.82 bits per heavy atom. The number of nitrogens with zero attached hydrogens (tertiary/aromatic N) is 5. The molecule has 5 nitrogen and oxygen atoms in total. The maximum absolute atomic E-state index is 4.39. The van der Waals surface area contributed by atoms with Gasteiger partial charge in [0.25, 0.3) is 5.78 Å². The molecule has 1 aliphatic heterocycles. The summed E-state index contributed by atoms with van der Waals surface area (Å²) < 4.78 is 1.89. The molecule has 0 aliphatic carbocycles. The third-order valence-corrected chi connectivity index (χ3v) is 3.54. The molecule has 1 fully saturated rings. The average molecular weight is 231 g/mol. The second-order valence-electron chi connectivity index (χ2n) is 4.87. The zero-order valence-corrected chi connectivity index (χ0v) is 10.3. The molecule has 0 aromatic carbocycles. The van der Waals surface area contributed by atoms with Crippen molar-refractivity contribution in [3.63, 3.8) is 0 Å². The number of aromatic nitrogens is 4. The van der Waals surface area contributed by atoms with E-state index < -0.39 is 0 Å². The van der Waals surface area contributed by atoms with E-state index in [1.54, 1.807) is 6.33 Å². The summed E-state index contributed by atoms with van der Waals surface area (Å²) in [4.78, 5) is 10.9. The first-order valence-corrected chi connectivity index (χ1v) is 6.10. The molecule has 0 bridgehead atoms. The van der Waals surface area contributed by atoms with Crippen molar-refractivity contribution in [2.24, 2.45) is 0 Å². The van der Waals surface area contributed by atoms with Crippen molar-refractivity contribution in [2.75, 3.05) is 20.1 Å². The van der Waals surface area contributed by atoms with Crippen molar-refractivity contribution in [3.05, 3.63) is 23.8 Å². The van der Waals surface area contributed by atoms with Gasteiger partial charge in [0.15, 0.2) is 0 Å². The number of hydrogen-bond donors (Lipinski definition) is 0. The molecule has 3 heterocycles. The molecular weight excluding hydrogens is 214 g/mol. The molecule has 1 aliphatic rings. The van der Waals surface area contributed by atoms with Crippen LogP contribution in [0.15, 0.2) is 12.4 Å². The fraction of sp³-hybridized carbons (Fsp3) is 0.583. The molecule has 17 heavy (non-hydrogen) atoms. The summed E-state index contributed by atoms with van der Waals surface area (Å²) in [6, 6.07) is 2.15. The van der Waals surface area contributed by atoms with E-state index in [2.05, 4.69) is 33.1 Å². The quantitative estimate of drug-likeness (QED) is 0.741. The first-order chi connectivity index (χ1) is 8.24. The fourth-order valence-electron chi connectivity index (χ4n) is 2.55. The maximum Gasteiger partial charge on any atom is 0.252 e. The van der Waals surface area contributed by atoms with E-state index in [0.29, 0.717) is 5.92 Å². The first-order valence-electron chi connectivity index (χ1n) is 6.10. The summed E-state index contributed by atoms with van der Waals surface area (Å²) in [5.41, 5.74) is 2.29. The van der Waals surface area contributed by atoms with E-state index in [-0.39, 0.29) is 0 Å². The minimum absolute atomic E-state index is 0.581. The van der Waals surface area contributed by atoms with Crippen LogP contribution >= 0.6 is 0 Å². The summed E-state index contributed by atoms with van der Waals surface area (Å²) >= 11 is 0. The molecule has 0 atom stereocenters. The van der Waals surface area contributed by atoms with Gasteiger partial charge in [-0.15, -0.1) is 0 Å². The van der Waals surface area contributed by atoms with Crippen LogP contribution in [0.25, 0.3) is 5.78 Å². The third kappa shape index (κ3) is 1.91. The van der Waals surface area contributed by atoms with Crippen LogP contribution in [0.3, 0.4) is 0 Å². The lowest BCUT2D eigenvalue weighted by atomic mass is 9.93. The molecule has 0 unspecified atom stereocenters. The van der Waals surface area contributed by atoms with Crippen molar-refractivity contribution in [1.82, 2.24) is 24.5 Å². The van der Waals surface area contributed by atoms with Crippen LogP contribution in [0.5, 0.6) is 0 Å². The van der Waals surface area contributed by atoms with Crippen LogP contribution in [0, 0.1) is 6.92 Å². The molecular formula is C12H17N5. The lowest BCUT2D eigenvalue weighted by molar-refractivity contribution is 0.252. The molecule has 2 aromatic rings. The van der Waals surface area contributed by atoms with E-state index in [1.165, 1.54) is 18.5 Å². The van der Waals surface area contributed by atoms with Crippen LogP contribution in [0.2, 0.25) is 0 Å². The van der Waals surface area contributed by atoms with Crippen LogP contribution in [-0.4, -0.2) is 44.6 Å². The smallest absolute Gasteiger partial charge is 0.252 e. The Hall–Kier alpha value is -1.49. The van der Waals surface area contributed by atoms with E-state index in [1.807, 2.05) is 11.4 Å². The van der Waals surface area contributed by atoms with Crippen molar-refractivity contribution < 1.29 is 0 Å². The minimum Gasteiger partial charge on any atom is -0.306 e. The van der Waals surface area contributed by atoms with Crippen molar-refractivity contribution in [2.45, 2.75) is 25.7 Å². The number of aryl methyl sites for hydroxylation is 1. The number of fused-ring (bicyclic) bond motifs is 1. The van der Waals surface area contributed by atoms with Gasteiger partial charge in [-0.25, -0.2) is 9.50 Å². The molecule has 90 valence electrons. The van der Waals surface area contributed by atoms with Crippen LogP contribution < -0.4 is 0 Å². The predicted molar refractivity (Wildman–Crippen MR) is 65.0 cm³/mol. The molecule has 1 saturated heterocycles. The van der Waals surface area contributed by atoms with Gasteiger partial charge < -0.3 is 4.90 Å². The molecule has 0 spiro atoms. The van der Waals surface area contributed by atoms with Crippen molar-refractivity contribution in [3.8, 4) is 0 Å². The van der Waals surface area contributed by atoms with Gasteiger partial charge in [-0.3, -0.25) is 0 Å². The fourth-order valence-corrected chi connectivity index (χ4v) is 2.55. The van der Waals surface area contributed by atoms with E-state index in [4.69, 9.17) is 0 Å². The normalized spacial score (nSPS) is 18.9. The Morgan fingerprint density at radius 2 is 2.06 bits per heavy atom. The van der Waals surface area contributed by atoms with E-state index >= 15 is 0 Å². The lowest BCUT2D eigenvalue weighted by Gasteiger charge is -2.29. The van der Waals surface area contributed by atoms with Gasteiger partial charge in [-0.05, 0) is 46.0 Å². The zero-order valence-electron chi connectivity index (χ0n) is 10.3. The average Bonchev–Trinajstić information content (AvgIpc) is 2.77. The molecule has 0 N–H and O–H groups in total. The highest BCUT2D eigenvalue weighted by Gasteiger charge is 2.21. The molecule has 5 heteroatoms. The van der Waals surface area contributed by atoms with Gasteiger partial charge in [0, 0.05) is 11.6 Å². The van der Waals surface area contributed by atoms with Gasteiger partial charge in [-0.1, -0.05) is 0 Å². The number of rotatable bonds is 1. The van der Waals surface area contributed by atoms with Crippen LogP contribution in [0.4, 0.5) is 0 Å². The Kier molecular flexibility index (Phi) is 2.55. The number of likely N-dealkylation sites (tertiary alicyclic amines) is 1. The van der Waals surface area contributed by atoms with Gasteiger partial charge in [-0.2, -0.15) is 10.1 Å². The lowest BCUT2D eigenvalue weighted by Crippen LogP contribution is -2.30. The van der Waals surface area contributed by atoms with E-state index in [0.717, 1.165) is 24.6 Å². The summed E-state index contributed by atoms with van der Waals surface area (Å²) in [7, 11) is 2.18. The molecule has 3 rings (SSSR count). The highest BCUT2D eigenvalue weighted by Crippen LogP contribution is 2.27. The molecule has 0 radical (unpaired) electrons. The van der Waals surface area contributed by atoms with Crippen LogP contribution in [0.1, 0.15) is 30.1 Å². The predicted octanol–water partition coefficient (Wildman–Crippen LogP) is 1.24. The van der Waals surface area contributed by atoms with E-state index in [9.17, 15) is 0 Å². The second kappa shape index (κ2) is 4.07. The van der Waals surface area contributed by atoms with Crippen LogP contribution in [-0.2, 0) is 0 Å². The number of piperidine rings is 1. The highest BCUT2D eigenvalue weighted by atomic mass is 15.3. The highest BCUT2D eigenvalue weighted by molar-refractivity contribution is 5.31. The summed E-state index contributed by atoms with van der Waals surface area (Å²) in [6.07, 6.45) is 3.96. The maximum atomic E-state index is 4.39. The zero-order chi connectivity index (χ0) is 11.8. The second-order valence-corrected chi connectivity index (χ2v) is 4.87. The summed E-state index contributed by atoms with van der Waals surface area (Å²) in [6.45, 7) is 4.33. The Balaban J connectivity index is 2.01. The summed E-state index contributed by atoms with van der Waals surface area (Å²) in [5, 5.41) is 4.28.